The van der Waals surface area contributed by atoms with E-state index in [4.69, 9.17) is 9.84 Å². The van der Waals surface area contributed by atoms with Gasteiger partial charge in [-0.2, -0.15) is 0 Å². The topological polar surface area (TPSA) is 66.8 Å². The van der Waals surface area contributed by atoms with E-state index in [1.807, 2.05) is 0 Å². The molecule has 1 aromatic rings. The molecule has 0 aromatic heterocycles. The molecule has 0 spiro atoms. The fourth-order valence-corrected chi connectivity index (χ4v) is 1.64. The second kappa shape index (κ2) is 6.17. The Balaban J connectivity index is 2.87. The highest BCUT2D eigenvalue weighted by Gasteiger charge is 2.24. The van der Waals surface area contributed by atoms with Crippen molar-refractivity contribution >= 4 is 11.9 Å². The molecule has 5 nitrogen and oxygen atoms in total. The number of rotatable bonds is 5. The van der Waals surface area contributed by atoms with Gasteiger partial charge in [-0.05, 0) is 25.1 Å². The quantitative estimate of drug-likeness (QED) is 0.823. The van der Waals surface area contributed by atoms with Gasteiger partial charge >= 0.3 is 5.97 Å². The van der Waals surface area contributed by atoms with Crippen molar-refractivity contribution in [1.29, 1.82) is 0 Å². The SMILES string of the molecule is COc1ccc(F)cc1CN(C)C(=O)C(C)C(=O)O. The number of ether oxygens (including phenoxy) is 1. The van der Waals surface area contributed by atoms with Gasteiger partial charge in [0.1, 0.15) is 17.5 Å². The van der Waals surface area contributed by atoms with E-state index in [-0.39, 0.29) is 6.54 Å². The fraction of sp³-hybridized carbons (Fsp3) is 0.385. The molecule has 0 radical (unpaired) electrons. The minimum atomic E-state index is -1.19. The third-order valence-electron chi connectivity index (χ3n) is 2.77. The van der Waals surface area contributed by atoms with Crippen LogP contribution in [0.2, 0.25) is 0 Å². The van der Waals surface area contributed by atoms with Crippen LogP contribution >= 0.6 is 0 Å². The molecule has 0 bridgehead atoms. The number of carbonyl (C=O) groups excluding carboxylic acids is 1. The van der Waals surface area contributed by atoms with Gasteiger partial charge in [0, 0.05) is 19.2 Å². The van der Waals surface area contributed by atoms with Crippen molar-refractivity contribution in [3.05, 3.63) is 29.6 Å². The van der Waals surface area contributed by atoms with Crippen LogP contribution in [0.1, 0.15) is 12.5 Å². The molecule has 1 amide bonds. The predicted octanol–water partition coefficient (Wildman–Crippen LogP) is 1.51. The Hall–Kier alpha value is -2.11. The summed E-state index contributed by atoms with van der Waals surface area (Å²) in [7, 11) is 2.91. The summed E-state index contributed by atoms with van der Waals surface area (Å²) in [4.78, 5) is 23.8. The predicted molar refractivity (Wildman–Crippen MR) is 66.2 cm³/mol. The highest BCUT2D eigenvalue weighted by Crippen LogP contribution is 2.21. The number of nitrogens with zero attached hydrogens (tertiary/aromatic N) is 1. The van der Waals surface area contributed by atoms with Crippen LogP contribution in [0.3, 0.4) is 0 Å². The minimum absolute atomic E-state index is 0.0807. The molecule has 1 unspecified atom stereocenters. The summed E-state index contributed by atoms with van der Waals surface area (Å²) in [6, 6.07) is 3.97. The molecular formula is C13H16FNO4. The van der Waals surface area contributed by atoms with Crippen molar-refractivity contribution in [3.8, 4) is 5.75 Å². The van der Waals surface area contributed by atoms with E-state index in [0.717, 1.165) is 0 Å². The molecule has 6 heteroatoms. The second-order valence-electron chi connectivity index (χ2n) is 4.21. The number of halogens is 1. The lowest BCUT2D eigenvalue weighted by Gasteiger charge is -2.20. The van der Waals surface area contributed by atoms with Crippen molar-refractivity contribution in [2.45, 2.75) is 13.5 Å². The number of hydrogen-bond acceptors (Lipinski definition) is 3. The maximum atomic E-state index is 13.2. The number of benzene rings is 1. The molecule has 1 atom stereocenters. The maximum Gasteiger partial charge on any atom is 0.315 e. The molecule has 0 aliphatic heterocycles. The monoisotopic (exact) mass is 269 g/mol. The van der Waals surface area contributed by atoms with E-state index in [2.05, 4.69) is 0 Å². The third kappa shape index (κ3) is 3.67. The van der Waals surface area contributed by atoms with Gasteiger partial charge in [-0.1, -0.05) is 0 Å². The number of amides is 1. The standard InChI is InChI=1S/C13H16FNO4/c1-8(13(17)18)12(16)15(2)7-9-6-10(14)4-5-11(9)19-3/h4-6,8H,7H2,1-3H3,(H,17,18). The average molecular weight is 269 g/mol. The van der Waals surface area contributed by atoms with Crippen LogP contribution in [0.25, 0.3) is 0 Å². The van der Waals surface area contributed by atoms with E-state index < -0.39 is 23.6 Å². The van der Waals surface area contributed by atoms with Gasteiger partial charge in [-0.15, -0.1) is 0 Å². The zero-order valence-electron chi connectivity index (χ0n) is 11.0. The molecule has 0 fully saturated rings. The van der Waals surface area contributed by atoms with E-state index in [0.29, 0.717) is 11.3 Å². The van der Waals surface area contributed by atoms with Gasteiger partial charge in [-0.3, -0.25) is 9.59 Å². The number of methoxy groups -OCH3 is 1. The molecule has 1 rings (SSSR count). The van der Waals surface area contributed by atoms with E-state index in [1.165, 1.54) is 44.2 Å². The normalized spacial score (nSPS) is 11.8. The molecule has 0 aliphatic carbocycles. The molecule has 104 valence electrons. The Kier molecular flexibility index (Phi) is 4.86. The zero-order valence-corrected chi connectivity index (χ0v) is 11.0. The van der Waals surface area contributed by atoms with Crippen LogP contribution in [0.15, 0.2) is 18.2 Å². The average Bonchev–Trinajstić information content (AvgIpc) is 2.37. The number of aliphatic carboxylic acids is 1. The molecule has 0 heterocycles. The number of carboxylic acid groups (broad SMARTS) is 1. The minimum Gasteiger partial charge on any atom is -0.496 e. The summed E-state index contributed by atoms with van der Waals surface area (Å²) >= 11 is 0. The zero-order chi connectivity index (χ0) is 14.6. The van der Waals surface area contributed by atoms with E-state index in [9.17, 15) is 14.0 Å². The summed E-state index contributed by atoms with van der Waals surface area (Å²) < 4.78 is 18.2. The van der Waals surface area contributed by atoms with Crippen molar-refractivity contribution in [2.24, 2.45) is 5.92 Å². The smallest absolute Gasteiger partial charge is 0.315 e. The molecule has 1 aromatic carbocycles. The lowest BCUT2D eigenvalue weighted by Crippen LogP contribution is -2.35. The summed E-state index contributed by atoms with van der Waals surface area (Å²) in [5, 5.41) is 8.78. The maximum absolute atomic E-state index is 13.2. The Morgan fingerprint density at radius 2 is 2.11 bits per heavy atom. The molecule has 1 N–H and O–H groups in total. The summed E-state index contributed by atoms with van der Waals surface area (Å²) in [5.74, 6) is -2.86. The molecule has 19 heavy (non-hydrogen) atoms. The van der Waals surface area contributed by atoms with E-state index in [1.54, 1.807) is 0 Å². The summed E-state index contributed by atoms with van der Waals surface area (Å²) in [6.07, 6.45) is 0. The van der Waals surface area contributed by atoms with Crippen molar-refractivity contribution in [2.75, 3.05) is 14.2 Å². The fourth-order valence-electron chi connectivity index (χ4n) is 1.64. The number of hydrogen-bond donors (Lipinski definition) is 1. The van der Waals surface area contributed by atoms with Crippen LogP contribution in [0, 0.1) is 11.7 Å². The van der Waals surface area contributed by atoms with Gasteiger partial charge in [-0.25, -0.2) is 4.39 Å². The Morgan fingerprint density at radius 3 is 2.63 bits per heavy atom. The first-order valence-electron chi connectivity index (χ1n) is 5.67. The van der Waals surface area contributed by atoms with Gasteiger partial charge in [0.15, 0.2) is 0 Å². The Bertz CT molecular complexity index is 490. The van der Waals surface area contributed by atoms with E-state index >= 15 is 0 Å². The van der Waals surface area contributed by atoms with Crippen molar-refractivity contribution in [3.63, 3.8) is 0 Å². The van der Waals surface area contributed by atoms with Crippen LogP contribution in [0.5, 0.6) is 5.75 Å². The lowest BCUT2D eigenvalue weighted by atomic mass is 10.1. The lowest BCUT2D eigenvalue weighted by molar-refractivity contribution is -0.149. The molecular weight excluding hydrogens is 253 g/mol. The summed E-state index contributed by atoms with van der Waals surface area (Å²) in [6.45, 7) is 1.39. The first-order chi connectivity index (χ1) is 8.86. The van der Waals surface area contributed by atoms with Gasteiger partial charge in [0.2, 0.25) is 5.91 Å². The van der Waals surface area contributed by atoms with Crippen LogP contribution in [-0.4, -0.2) is 36.0 Å². The van der Waals surface area contributed by atoms with Crippen molar-refractivity contribution in [1.82, 2.24) is 4.90 Å². The van der Waals surface area contributed by atoms with Crippen molar-refractivity contribution < 1.29 is 23.8 Å². The van der Waals surface area contributed by atoms with Gasteiger partial charge < -0.3 is 14.7 Å². The molecule has 0 saturated carbocycles. The highest BCUT2D eigenvalue weighted by molar-refractivity contribution is 5.96. The van der Waals surface area contributed by atoms with Gasteiger partial charge in [0.25, 0.3) is 0 Å². The first-order valence-corrected chi connectivity index (χ1v) is 5.67. The summed E-state index contributed by atoms with van der Waals surface area (Å²) in [5.41, 5.74) is 0.482. The van der Waals surface area contributed by atoms with Gasteiger partial charge in [0.05, 0.1) is 7.11 Å². The number of carboxylic acids is 1. The van der Waals surface area contributed by atoms with Crippen LogP contribution < -0.4 is 4.74 Å². The highest BCUT2D eigenvalue weighted by atomic mass is 19.1. The Morgan fingerprint density at radius 1 is 1.47 bits per heavy atom. The van der Waals surface area contributed by atoms with Crippen LogP contribution in [0.4, 0.5) is 4.39 Å². The first kappa shape index (κ1) is 14.9. The van der Waals surface area contributed by atoms with Crippen LogP contribution in [-0.2, 0) is 16.1 Å². The Labute approximate surface area is 110 Å². The molecule has 0 saturated heterocycles. The molecule has 0 aliphatic rings. The number of carbonyl (C=O) groups is 2. The second-order valence-corrected chi connectivity index (χ2v) is 4.21. The third-order valence-corrected chi connectivity index (χ3v) is 2.77. The largest absolute Gasteiger partial charge is 0.496 e.